The molecule has 0 spiro atoms. The van der Waals surface area contributed by atoms with Crippen LogP contribution < -0.4 is 5.32 Å². The third-order valence-corrected chi connectivity index (χ3v) is 6.26. The van der Waals surface area contributed by atoms with Gasteiger partial charge in [-0.05, 0) is 55.1 Å². The van der Waals surface area contributed by atoms with Gasteiger partial charge in [0.15, 0.2) is 0 Å². The van der Waals surface area contributed by atoms with Crippen molar-refractivity contribution in [3.63, 3.8) is 0 Å². The Morgan fingerprint density at radius 2 is 1.79 bits per heavy atom. The number of nitrogens with one attached hydrogen (secondary N) is 1. The quantitative estimate of drug-likeness (QED) is 0.748. The Hall–Kier alpha value is 0.310. The molecule has 0 aromatic heterocycles. The Bertz CT molecular complexity index is 233. The van der Waals surface area contributed by atoms with Crippen molar-refractivity contribution in [2.75, 3.05) is 11.5 Å². The molecule has 1 aliphatic heterocycles. The lowest BCUT2D eigenvalue weighted by molar-refractivity contribution is 0.430. The lowest BCUT2D eigenvalue weighted by Crippen LogP contribution is -2.33. The van der Waals surface area contributed by atoms with Crippen LogP contribution in [0.25, 0.3) is 0 Å². The third-order valence-electron chi connectivity index (χ3n) is 5.09. The van der Waals surface area contributed by atoms with Crippen LogP contribution in [0.4, 0.5) is 0 Å². The van der Waals surface area contributed by atoms with Crippen LogP contribution in [-0.2, 0) is 0 Å². The summed E-state index contributed by atoms with van der Waals surface area (Å²) in [4.78, 5) is 0. The van der Waals surface area contributed by atoms with Crippen molar-refractivity contribution < 1.29 is 0 Å². The van der Waals surface area contributed by atoms with Gasteiger partial charge < -0.3 is 5.32 Å². The van der Waals surface area contributed by atoms with E-state index < -0.39 is 0 Å². The second kappa shape index (κ2) is 2.91. The van der Waals surface area contributed by atoms with Gasteiger partial charge in [-0.2, -0.15) is 11.8 Å². The predicted octanol–water partition coefficient (Wildman–Crippen LogP) is 2.13. The molecule has 3 saturated carbocycles. The van der Waals surface area contributed by atoms with E-state index in [0.717, 1.165) is 35.8 Å². The number of hydrogen-bond acceptors (Lipinski definition) is 2. The van der Waals surface area contributed by atoms with Crippen molar-refractivity contribution in [3.8, 4) is 0 Å². The van der Waals surface area contributed by atoms with Gasteiger partial charge in [-0.1, -0.05) is 0 Å². The smallest absolute Gasteiger partial charge is 0.0168 e. The molecule has 1 nitrogen and oxygen atoms in total. The van der Waals surface area contributed by atoms with Crippen LogP contribution in [0, 0.1) is 23.7 Å². The van der Waals surface area contributed by atoms with Gasteiger partial charge in [0.2, 0.25) is 0 Å². The lowest BCUT2D eigenvalue weighted by Gasteiger charge is -2.14. The minimum absolute atomic E-state index is 0.870. The fraction of sp³-hybridized carbons (Fsp3) is 1.00. The minimum Gasteiger partial charge on any atom is -0.310 e. The van der Waals surface area contributed by atoms with Crippen molar-refractivity contribution in [2.45, 2.75) is 37.8 Å². The van der Waals surface area contributed by atoms with Gasteiger partial charge in [0, 0.05) is 17.8 Å². The molecule has 0 aromatic carbocycles. The molecule has 0 amide bonds. The first-order valence-corrected chi connectivity index (χ1v) is 7.43. The standard InChI is InChI=1S/C12H19NS/c1-2-8-5-7(1)10-11(8)12(10)13-9-3-4-14-6-9/h7-13H,1-6H2. The largest absolute Gasteiger partial charge is 0.310 e. The molecular formula is C12H19NS. The first kappa shape index (κ1) is 8.46. The second-order valence-corrected chi connectivity index (χ2v) is 6.89. The number of hydrogen-bond donors (Lipinski definition) is 1. The maximum absolute atomic E-state index is 3.93. The zero-order valence-corrected chi connectivity index (χ0v) is 9.43. The van der Waals surface area contributed by atoms with Crippen molar-refractivity contribution in [3.05, 3.63) is 0 Å². The summed E-state index contributed by atoms with van der Waals surface area (Å²) in [5.41, 5.74) is 0. The van der Waals surface area contributed by atoms with E-state index in [-0.39, 0.29) is 0 Å². The van der Waals surface area contributed by atoms with Gasteiger partial charge in [0.05, 0.1) is 0 Å². The average Bonchev–Trinajstić information content (AvgIpc) is 2.68. The van der Waals surface area contributed by atoms with Crippen LogP contribution in [0.15, 0.2) is 0 Å². The maximum atomic E-state index is 3.93. The zero-order chi connectivity index (χ0) is 9.12. The van der Waals surface area contributed by atoms with Crippen LogP contribution in [0.1, 0.15) is 25.7 Å². The van der Waals surface area contributed by atoms with E-state index in [1.54, 1.807) is 19.3 Å². The Kier molecular flexibility index (Phi) is 1.76. The number of rotatable bonds is 2. The molecule has 0 radical (unpaired) electrons. The maximum Gasteiger partial charge on any atom is 0.0168 e. The summed E-state index contributed by atoms with van der Waals surface area (Å²) >= 11 is 2.13. The average molecular weight is 209 g/mol. The van der Waals surface area contributed by atoms with E-state index >= 15 is 0 Å². The molecule has 0 aromatic rings. The molecule has 4 rings (SSSR count). The summed E-state index contributed by atoms with van der Waals surface area (Å²) in [5, 5.41) is 3.93. The van der Waals surface area contributed by atoms with E-state index in [1.165, 1.54) is 17.9 Å². The zero-order valence-electron chi connectivity index (χ0n) is 8.61. The van der Waals surface area contributed by atoms with Crippen molar-refractivity contribution in [2.24, 2.45) is 23.7 Å². The van der Waals surface area contributed by atoms with E-state index in [1.807, 2.05) is 0 Å². The highest BCUT2D eigenvalue weighted by atomic mass is 32.2. The Morgan fingerprint density at radius 1 is 1.00 bits per heavy atom. The molecular weight excluding hydrogens is 190 g/mol. The van der Waals surface area contributed by atoms with E-state index in [0.29, 0.717) is 0 Å². The lowest BCUT2D eigenvalue weighted by atomic mass is 10.0. The molecule has 2 bridgehead atoms. The molecule has 1 N–H and O–H groups in total. The Morgan fingerprint density at radius 3 is 2.43 bits per heavy atom. The van der Waals surface area contributed by atoms with Gasteiger partial charge >= 0.3 is 0 Å². The highest BCUT2D eigenvalue weighted by molar-refractivity contribution is 7.99. The SMILES string of the molecule is C1CC(NC2C3C4CCC(C4)C23)CS1. The van der Waals surface area contributed by atoms with Crippen LogP contribution in [0.2, 0.25) is 0 Å². The summed E-state index contributed by atoms with van der Waals surface area (Å²) in [6.45, 7) is 0. The van der Waals surface area contributed by atoms with E-state index in [9.17, 15) is 0 Å². The third kappa shape index (κ3) is 1.07. The van der Waals surface area contributed by atoms with Crippen molar-refractivity contribution >= 4 is 11.8 Å². The van der Waals surface area contributed by atoms with Crippen LogP contribution in [0.3, 0.4) is 0 Å². The highest BCUT2D eigenvalue weighted by Crippen LogP contribution is 2.65. The molecule has 5 unspecified atom stereocenters. The normalized spacial score (nSPS) is 59.1. The summed E-state index contributed by atoms with van der Waals surface area (Å²) in [6, 6.07) is 1.83. The van der Waals surface area contributed by atoms with Gasteiger partial charge in [0.1, 0.15) is 0 Å². The summed E-state index contributed by atoms with van der Waals surface area (Å²) in [7, 11) is 0. The Balaban J connectivity index is 1.41. The van der Waals surface area contributed by atoms with Crippen LogP contribution in [0.5, 0.6) is 0 Å². The number of thioether (sulfide) groups is 1. The summed E-state index contributed by atoms with van der Waals surface area (Å²) < 4.78 is 0. The predicted molar refractivity (Wildman–Crippen MR) is 60.5 cm³/mol. The Labute approximate surface area is 90.4 Å². The fourth-order valence-corrected chi connectivity index (χ4v) is 5.65. The van der Waals surface area contributed by atoms with Gasteiger partial charge in [-0.3, -0.25) is 0 Å². The monoisotopic (exact) mass is 209 g/mol. The highest BCUT2D eigenvalue weighted by Gasteiger charge is 2.64. The molecule has 2 heteroatoms. The molecule has 14 heavy (non-hydrogen) atoms. The summed E-state index contributed by atoms with van der Waals surface area (Å²) in [6.07, 6.45) is 6.13. The van der Waals surface area contributed by atoms with Crippen LogP contribution in [-0.4, -0.2) is 23.6 Å². The minimum atomic E-state index is 0.870. The van der Waals surface area contributed by atoms with E-state index in [2.05, 4.69) is 17.1 Å². The fourth-order valence-electron chi connectivity index (χ4n) is 4.49. The molecule has 1 heterocycles. The summed E-state index contributed by atoms with van der Waals surface area (Å²) in [5.74, 6) is 7.30. The molecule has 4 aliphatic rings. The van der Waals surface area contributed by atoms with Crippen molar-refractivity contribution in [1.29, 1.82) is 0 Å². The topological polar surface area (TPSA) is 12.0 Å². The van der Waals surface area contributed by atoms with Gasteiger partial charge in [-0.25, -0.2) is 0 Å². The van der Waals surface area contributed by atoms with Gasteiger partial charge in [0.25, 0.3) is 0 Å². The van der Waals surface area contributed by atoms with Crippen molar-refractivity contribution in [1.82, 2.24) is 5.32 Å². The molecule has 4 fully saturated rings. The molecule has 5 atom stereocenters. The van der Waals surface area contributed by atoms with Gasteiger partial charge in [-0.15, -0.1) is 0 Å². The first-order chi connectivity index (χ1) is 6.93. The van der Waals surface area contributed by atoms with E-state index in [4.69, 9.17) is 0 Å². The molecule has 3 aliphatic carbocycles. The second-order valence-electron chi connectivity index (χ2n) is 5.74. The molecule has 1 saturated heterocycles. The van der Waals surface area contributed by atoms with Crippen LogP contribution >= 0.6 is 11.8 Å². The number of fused-ring (bicyclic) bond motifs is 5. The molecule has 78 valence electrons. The first-order valence-electron chi connectivity index (χ1n) is 6.27.